The van der Waals surface area contributed by atoms with Crippen LogP contribution in [0, 0.1) is 5.82 Å². The molecule has 1 saturated heterocycles. The van der Waals surface area contributed by atoms with Crippen LogP contribution in [0.5, 0.6) is 0 Å². The van der Waals surface area contributed by atoms with E-state index in [2.05, 4.69) is 27.4 Å². The number of aromatic nitrogens is 3. The molecule has 7 heteroatoms. The van der Waals surface area contributed by atoms with Gasteiger partial charge in [0.05, 0.1) is 12.1 Å². The average molecular weight is 392 g/mol. The Morgan fingerprint density at radius 1 is 0.931 bits per heavy atom. The largest absolute Gasteiger partial charge is 0.306 e. The summed E-state index contributed by atoms with van der Waals surface area (Å²) in [5.74, 6) is 0.760. The predicted octanol–water partition coefficient (Wildman–Crippen LogP) is 3.49. The van der Waals surface area contributed by atoms with Crippen molar-refractivity contribution >= 4 is 5.82 Å². The van der Waals surface area contributed by atoms with Crippen LogP contribution in [-0.2, 0) is 6.54 Å². The molecule has 0 radical (unpaired) electrons. The van der Waals surface area contributed by atoms with E-state index in [1.807, 2.05) is 16.8 Å². The maximum atomic E-state index is 13.5. The summed E-state index contributed by atoms with van der Waals surface area (Å²) < 4.78 is 15.5. The number of fused-ring (bicyclic) bond motifs is 1. The van der Waals surface area contributed by atoms with Crippen molar-refractivity contribution in [2.24, 2.45) is 0 Å². The van der Waals surface area contributed by atoms with Gasteiger partial charge < -0.3 is 10.3 Å². The Kier molecular flexibility index (Phi) is 4.77. The lowest BCUT2D eigenvalue weighted by molar-refractivity contribution is 0.130. The number of rotatable bonds is 3. The molecular formula is C22H25FN6. The molecule has 0 unspecified atom stereocenters. The van der Waals surface area contributed by atoms with Gasteiger partial charge in [-0.25, -0.2) is 14.1 Å². The molecule has 3 aromatic rings. The number of halogens is 1. The zero-order valence-electron chi connectivity index (χ0n) is 16.6. The monoisotopic (exact) mass is 392 g/mol. The summed E-state index contributed by atoms with van der Waals surface area (Å²) in [6, 6.07) is 11.1. The third kappa shape index (κ3) is 3.52. The lowest BCUT2D eigenvalue weighted by Crippen LogP contribution is -2.49. The molecule has 0 bridgehead atoms. The van der Waals surface area contributed by atoms with Gasteiger partial charge in [-0.05, 0) is 74.9 Å². The van der Waals surface area contributed by atoms with E-state index in [-0.39, 0.29) is 5.82 Å². The first-order chi connectivity index (χ1) is 14.2. The third-order valence-electron chi connectivity index (χ3n) is 5.97. The van der Waals surface area contributed by atoms with Crippen molar-refractivity contribution in [3.63, 3.8) is 0 Å². The van der Waals surface area contributed by atoms with Crippen molar-refractivity contribution in [1.29, 1.82) is 0 Å². The number of likely N-dealkylation sites (tertiary alicyclic amines) is 1. The van der Waals surface area contributed by atoms with E-state index in [0.29, 0.717) is 6.04 Å². The van der Waals surface area contributed by atoms with Gasteiger partial charge >= 0.3 is 0 Å². The van der Waals surface area contributed by atoms with Crippen LogP contribution in [0.3, 0.4) is 0 Å². The zero-order chi connectivity index (χ0) is 19.8. The maximum Gasteiger partial charge on any atom is 0.147 e. The Morgan fingerprint density at radius 3 is 2.38 bits per heavy atom. The number of hydrogen-bond acceptors (Lipinski definition) is 5. The fraction of sp³-hybridized carbons (Fsp3) is 0.364. The Morgan fingerprint density at radius 2 is 1.66 bits per heavy atom. The highest BCUT2D eigenvalue weighted by Crippen LogP contribution is 2.39. The van der Waals surface area contributed by atoms with Crippen LogP contribution in [0.4, 0.5) is 10.2 Å². The SMILES string of the molecule is CN1CCC(N2CCn3nc(-c4ccc(F)cc4)c(-c4ccncc4)c3N2)CC1. The molecule has 0 atom stereocenters. The number of anilines is 1. The number of nitrogens with one attached hydrogen (secondary N) is 1. The Balaban J connectivity index is 1.55. The summed E-state index contributed by atoms with van der Waals surface area (Å²) in [4.78, 5) is 6.55. The summed E-state index contributed by atoms with van der Waals surface area (Å²) in [6.45, 7) is 4.00. The maximum absolute atomic E-state index is 13.5. The number of hydrogen-bond donors (Lipinski definition) is 1. The smallest absolute Gasteiger partial charge is 0.147 e. The minimum Gasteiger partial charge on any atom is -0.306 e. The fourth-order valence-electron chi connectivity index (χ4n) is 4.31. The second-order valence-electron chi connectivity index (χ2n) is 7.88. The molecule has 2 aliphatic rings. The molecular weight excluding hydrogens is 367 g/mol. The number of nitrogens with zero attached hydrogens (tertiary/aromatic N) is 5. The zero-order valence-corrected chi connectivity index (χ0v) is 16.6. The summed E-state index contributed by atoms with van der Waals surface area (Å²) in [5, 5.41) is 7.27. The molecule has 0 aliphatic carbocycles. The molecule has 1 N–H and O–H groups in total. The molecule has 29 heavy (non-hydrogen) atoms. The van der Waals surface area contributed by atoms with Crippen molar-refractivity contribution in [2.75, 3.05) is 32.1 Å². The van der Waals surface area contributed by atoms with Crippen LogP contribution in [-0.4, -0.2) is 57.4 Å². The summed E-state index contributed by atoms with van der Waals surface area (Å²) >= 11 is 0. The molecule has 1 fully saturated rings. The van der Waals surface area contributed by atoms with Gasteiger partial charge in [0.15, 0.2) is 0 Å². The van der Waals surface area contributed by atoms with Crippen LogP contribution in [0.25, 0.3) is 22.4 Å². The molecule has 1 aromatic carbocycles. The van der Waals surface area contributed by atoms with Gasteiger partial charge in [-0.2, -0.15) is 5.10 Å². The van der Waals surface area contributed by atoms with E-state index < -0.39 is 0 Å². The first kappa shape index (κ1) is 18.3. The Bertz CT molecular complexity index is 977. The minimum absolute atomic E-state index is 0.241. The van der Waals surface area contributed by atoms with Gasteiger partial charge in [0.2, 0.25) is 0 Å². The highest BCUT2D eigenvalue weighted by Gasteiger charge is 2.30. The number of piperidine rings is 1. The van der Waals surface area contributed by atoms with Gasteiger partial charge in [-0.15, -0.1) is 0 Å². The van der Waals surface area contributed by atoms with Crippen molar-refractivity contribution in [2.45, 2.75) is 25.4 Å². The average Bonchev–Trinajstić information content (AvgIpc) is 3.14. The normalized spacial score (nSPS) is 18.4. The number of hydrazine groups is 1. The van der Waals surface area contributed by atoms with Gasteiger partial charge in [-0.1, -0.05) is 0 Å². The van der Waals surface area contributed by atoms with Crippen LogP contribution >= 0.6 is 0 Å². The first-order valence-corrected chi connectivity index (χ1v) is 10.2. The van der Waals surface area contributed by atoms with Crippen LogP contribution in [0.15, 0.2) is 48.8 Å². The van der Waals surface area contributed by atoms with E-state index in [1.54, 1.807) is 24.5 Å². The molecule has 0 saturated carbocycles. The van der Waals surface area contributed by atoms with Crippen molar-refractivity contribution in [3.05, 3.63) is 54.6 Å². The molecule has 4 heterocycles. The topological polar surface area (TPSA) is 49.2 Å². The second kappa shape index (κ2) is 7.57. The highest BCUT2D eigenvalue weighted by molar-refractivity contribution is 5.88. The van der Waals surface area contributed by atoms with E-state index in [4.69, 9.17) is 5.10 Å². The van der Waals surface area contributed by atoms with Crippen molar-refractivity contribution < 1.29 is 4.39 Å². The van der Waals surface area contributed by atoms with Gasteiger partial charge in [0.25, 0.3) is 0 Å². The van der Waals surface area contributed by atoms with Gasteiger partial charge in [0, 0.05) is 30.5 Å². The van der Waals surface area contributed by atoms with E-state index in [9.17, 15) is 4.39 Å². The van der Waals surface area contributed by atoms with E-state index in [0.717, 1.165) is 67.2 Å². The third-order valence-corrected chi connectivity index (χ3v) is 5.97. The quantitative estimate of drug-likeness (QED) is 0.740. The lowest BCUT2D eigenvalue weighted by Gasteiger charge is -2.40. The van der Waals surface area contributed by atoms with Gasteiger partial charge in [0.1, 0.15) is 17.3 Å². The molecule has 0 spiro atoms. The summed E-state index contributed by atoms with van der Waals surface area (Å²) in [7, 11) is 2.19. The highest BCUT2D eigenvalue weighted by atomic mass is 19.1. The first-order valence-electron chi connectivity index (χ1n) is 10.2. The van der Waals surface area contributed by atoms with Gasteiger partial charge in [-0.3, -0.25) is 4.98 Å². The Labute approximate surface area is 169 Å². The van der Waals surface area contributed by atoms with Crippen LogP contribution in [0.2, 0.25) is 0 Å². The standard InChI is InChI=1S/C22H25FN6/c1-27-12-8-19(9-13-27)28-14-15-29-22(26-28)20(16-6-10-24-11-7-16)21(25-29)17-2-4-18(23)5-3-17/h2-7,10-11,19,26H,8-9,12-15H2,1H3. The van der Waals surface area contributed by atoms with Crippen molar-refractivity contribution in [3.8, 4) is 22.4 Å². The Hall–Kier alpha value is -2.77. The fourth-order valence-corrected chi connectivity index (χ4v) is 4.31. The van der Waals surface area contributed by atoms with E-state index in [1.165, 1.54) is 12.1 Å². The van der Waals surface area contributed by atoms with Crippen LogP contribution in [0.1, 0.15) is 12.8 Å². The minimum atomic E-state index is -0.241. The predicted molar refractivity (Wildman–Crippen MR) is 112 cm³/mol. The molecule has 5 rings (SSSR count). The molecule has 2 aliphatic heterocycles. The summed E-state index contributed by atoms with van der Waals surface area (Å²) in [6.07, 6.45) is 5.91. The molecule has 2 aromatic heterocycles. The van der Waals surface area contributed by atoms with E-state index >= 15 is 0 Å². The molecule has 6 nitrogen and oxygen atoms in total. The number of benzene rings is 1. The molecule has 0 amide bonds. The summed E-state index contributed by atoms with van der Waals surface area (Å²) in [5.41, 5.74) is 7.54. The second-order valence-corrected chi connectivity index (χ2v) is 7.88. The molecule has 150 valence electrons. The number of pyridine rings is 1. The lowest BCUT2D eigenvalue weighted by atomic mass is 10.0. The van der Waals surface area contributed by atoms with Crippen molar-refractivity contribution in [1.82, 2.24) is 24.7 Å². The van der Waals surface area contributed by atoms with Crippen LogP contribution < -0.4 is 5.43 Å².